The van der Waals surface area contributed by atoms with E-state index in [-0.39, 0.29) is 11.4 Å². The summed E-state index contributed by atoms with van der Waals surface area (Å²) in [6.45, 7) is 4.75. The molecule has 0 atom stereocenters. The number of hydrogen-bond acceptors (Lipinski definition) is 5. The first kappa shape index (κ1) is 24.7. The van der Waals surface area contributed by atoms with Gasteiger partial charge in [-0.2, -0.15) is 4.31 Å². The average Bonchev–Trinajstić information content (AvgIpc) is 2.87. The third-order valence-electron chi connectivity index (χ3n) is 5.75. The van der Waals surface area contributed by atoms with E-state index in [1.807, 2.05) is 54.6 Å². The van der Waals surface area contributed by atoms with Crippen LogP contribution in [0.4, 0.5) is 0 Å². The van der Waals surface area contributed by atoms with E-state index in [2.05, 4.69) is 4.90 Å². The van der Waals surface area contributed by atoms with Crippen LogP contribution in [0.1, 0.15) is 11.1 Å². The molecule has 1 saturated heterocycles. The highest BCUT2D eigenvalue weighted by atomic mass is 35.5. The summed E-state index contributed by atoms with van der Waals surface area (Å²) in [6.07, 6.45) is 0. The van der Waals surface area contributed by atoms with Crippen LogP contribution in [0.5, 0.6) is 5.75 Å². The van der Waals surface area contributed by atoms with Gasteiger partial charge in [0.05, 0.1) is 18.1 Å². The molecule has 0 saturated carbocycles. The summed E-state index contributed by atoms with van der Waals surface area (Å²) in [5, 5.41) is 0.505. The number of sulfonamides is 1. The molecule has 1 fully saturated rings. The Morgan fingerprint density at radius 1 is 0.882 bits per heavy atom. The fraction of sp³-hybridized carbons (Fsp3) is 0.308. The lowest BCUT2D eigenvalue weighted by Gasteiger charge is -2.29. The Labute approximate surface area is 206 Å². The van der Waals surface area contributed by atoms with Gasteiger partial charge in [0.25, 0.3) is 0 Å². The first-order valence-electron chi connectivity index (χ1n) is 11.3. The monoisotopic (exact) mass is 500 g/mol. The van der Waals surface area contributed by atoms with Gasteiger partial charge in [-0.05, 0) is 47.5 Å². The molecule has 1 aliphatic heterocycles. The third kappa shape index (κ3) is 6.81. The largest absolute Gasteiger partial charge is 0.489 e. The van der Waals surface area contributed by atoms with Crippen molar-refractivity contribution in [3.8, 4) is 5.75 Å². The van der Waals surface area contributed by atoms with Crippen molar-refractivity contribution < 1.29 is 17.9 Å². The summed E-state index contributed by atoms with van der Waals surface area (Å²) in [6, 6.07) is 23.9. The van der Waals surface area contributed by atoms with E-state index in [0.29, 0.717) is 37.9 Å². The van der Waals surface area contributed by atoms with Crippen molar-refractivity contribution in [1.82, 2.24) is 9.21 Å². The number of rotatable bonds is 10. The van der Waals surface area contributed by atoms with Gasteiger partial charge in [-0.25, -0.2) is 8.42 Å². The lowest BCUT2D eigenvalue weighted by Crippen LogP contribution is -2.42. The van der Waals surface area contributed by atoms with E-state index < -0.39 is 10.0 Å². The molecule has 0 amide bonds. The molecule has 0 bridgehead atoms. The fourth-order valence-electron chi connectivity index (χ4n) is 3.75. The summed E-state index contributed by atoms with van der Waals surface area (Å²) >= 11 is 5.97. The number of benzene rings is 3. The van der Waals surface area contributed by atoms with Crippen LogP contribution in [0.3, 0.4) is 0 Å². The van der Waals surface area contributed by atoms with Crippen molar-refractivity contribution in [1.29, 1.82) is 0 Å². The van der Waals surface area contributed by atoms with Crippen molar-refractivity contribution in [2.75, 3.05) is 39.4 Å². The summed E-state index contributed by atoms with van der Waals surface area (Å²) in [4.78, 5) is 2.47. The normalized spacial score (nSPS) is 14.9. The van der Waals surface area contributed by atoms with Crippen LogP contribution in [-0.2, 0) is 27.9 Å². The topological polar surface area (TPSA) is 59.1 Å². The van der Waals surface area contributed by atoms with Crippen LogP contribution in [0.2, 0.25) is 5.02 Å². The van der Waals surface area contributed by atoms with E-state index in [4.69, 9.17) is 21.1 Å². The molecule has 1 aliphatic rings. The molecule has 3 aromatic rings. The van der Waals surface area contributed by atoms with E-state index in [1.165, 1.54) is 4.31 Å². The molecule has 0 unspecified atom stereocenters. The van der Waals surface area contributed by atoms with Gasteiger partial charge in [0, 0.05) is 37.7 Å². The highest BCUT2D eigenvalue weighted by Gasteiger charge is 2.25. The molecular formula is C26H29ClN2O4S. The maximum atomic E-state index is 13.5. The van der Waals surface area contributed by atoms with Crippen LogP contribution in [0, 0.1) is 0 Å². The minimum Gasteiger partial charge on any atom is -0.489 e. The van der Waals surface area contributed by atoms with Gasteiger partial charge < -0.3 is 9.47 Å². The lowest BCUT2D eigenvalue weighted by molar-refractivity contribution is 0.0361. The Morgan fingerprint density at radius 3 is 2.24 bits per heavy atom. The van der Waals surface area contributed by atoms with Gasteiger partial charge in [0.15, 0.2) is 0 Å². The van der Waals surface area contributed by atoms with Crippen LogP contribution in [0.15, 0.2) is 83.8 Å². The molecule has 34 heavy (non-hydrogen) atoms. The highest BCUT2D eigenvalue weighted by molar-refractivity contribution is 7.89. The fourth-order valence-corrected chi connectivity index (χ4v) is 5.30. The number of ether oxygens (including phenoxy) is 2. The number of morpholine rings is 1. The second-order valence-corrected chi connectivity index (χ2v) is 10.5. The Kier molecular flexibility index (Phi) is 8.59. The highest BCUT2D eigenvalue weighted by Crippen LogP contribution is 2.22. The van der Waals surface area contributed by atoms with Gasteiger partial charge >= 0.3 is 0 Å². The summed E-state index contributed by atoms with van der Waals surface area (Å²) in [7, 11) is -3.69. The molecule has 0 spiro atoms. The van der Waals surface area contributed by atoms with Crippen molar-refractivity contribution >= 4 is 21.6 Å². The van der Waals surface area contributed by atoms with Gasteiger partial charge in [0.2, 0.25) is 10.0 Å². The maximum absolute atomic E-state index is 13.5. The van der Waals surface area contributed by atoms with Crippen LogP contribution in [0.25, 0.3) is 0 Å². The molecule has 3 aromatic carbocycles. The van der Waals surface area contributed by atoms with Gasteiger partial charge in [0.1, 0.15) is 12.4 Å². The van der Waals surface area contributed by atoms with Gasteiger partial charge in [-0.15, -0.1) is 0 Å². The van der Waals surface area contributed by atoms with E-state index in [1.54, 1.807) is 24.3 Å². The molecule has 8 heteroatoms. The van der Waals surface area contributed by atoms with Gasteiger partial charge in [-0.3, -0.25) is 4.90 Å². The molecule has 1 heterocycles. The Morgan fingerprint density at radius 2 is 1.56 bits per heavy atom. The number of nitrogens with zero attached hydrogens (tertiary/aromatic N) is 2. The van der Waals surface area contributed by atoms with Crippen molar-refractivity contribution in [2.24, 2.45) is 0 Å². The van der Waals surface area contributed by atoms with E-state index in [0.717, 1.165) is 30.0 Å². The number of hydrogen-bond donors (Lipinski definition) is 0. The lowest BCUT2D eigenvalue weighted by atomic mass is 10.2. The zero-order valence-corrected chi connectivity index (χ0v) is 20.5. The Hall–Kier alpha value is -2.42. The summed E-state index contributed by atoms with van der Waals surface area (Å²) < 4.78 is 39.7. The third-order valence-corrected chi connectivity index (χ3v) is 7.86. The maximum Gasteiger partial charge on any atom is 0.243 e. The summed E-state index contributed by atoms with van der Waals surface area (Å²) in [5.41, 5.74) is 1.99. The molecular weight excluding hydrogens is 472 g/mol. The molecule has 0 aliphatic carbocycles. The van der Waals surface area contributed by atoms with Crippen LogP contribution < -0.4 is 4.74 Å². The van der Waals surface area contributed by atoms with E-state index in [9.17, 15) is 8.42 Å². The average molecular weight is 501 g/mol. The first-order chi connectivity index (χ1) is 16.5. The standard InChI is InChI=1S/C26H29ClN2O4S/c27-24-8-12-26(13-9-24)34(30,31)29(15-14-28-16-18-32-19-17-28)20-22-6-10-25(11-7-22)33-21-23-4-2-1-3-5-23/h1-13H,14-21H2. The van der Waals surface area contributed by atoms with Crippen molar-refractivity contribution in [2.45, 2.75) is 18.0 Å². The molecule has 0 radical (unpaired) electrons. The van der Waals surface area contributed by atoms with E-state index >= 15 is 0 Å². The molecule has 0 N–H and O–H groups in total. The minimum atomic E-state index is -3.69. The minimum absolute atomic E-state index is 0.238. The zero-order valence-electron chi connectivity index (χ0n) is 19.0. The van der Waals surface area contributed by atoms with Crippen LogP contribution >= 0.6 is 11.6 Å². The number of halogens is 1. The predicted octanol–water partition coefficient (Wildman–Crippen LogP) is 4.44. The second kappa shape index (κ2) is 11.8. The van der Waals surface area contributed by atoms with Crippen LogP contribution in [-0.4, -0.2) is 57.0 Å². The first-order valence-corrected chi connectivity index (χ1v) is 13.1. The molecule has 6 nitrogen and oxygen atoms in total. The second-order valence-electron chi connectivity index (χ2n) is 8.16. The van der Waals surface area contributed by atoms with Crippen molar-refractivity contribution in [3.05, 3.63) is 95.0 Å². The molecule has 0 aromatic heterocycles. The predicted molar refractivity (Wildman–Crippen MR) is 134 cm³/mol. The van der Waals surface area contributed by atoms with Crippen molar-refractivity contribution in [3.63, 3.8) is 0 Å². The quantitative estimate of drug-likeness (QED) is 0.412. The Balaban J connectivity index is 1.46. The Bertz CT molecular complexity index is 1130. The SMILES string of the molecule is O=S(=O)(c1ccc(Cl)cc1)N(CCN1CCOCC1)Cc1ccc(OCc2ccccc2)cc1. The smallest absolute Gasteiger partial charge is 0.243 e. The molecule has 4 rings (SSSR count). The van der Waals surface area contributed by atoms with Gasteiger partial charge in [-0.1, -0.05) is 54.1 Å². The summed E-state index contributed by atoms with van der Waals surface area (Å²) in [5.74, 6) is 0.744. The zero-order chi connectivity index (χ0) is 23.8. The molecule has 180 valence electrons.